The van der Waals surface area contributed by atoms with Crippen LogP contribution < -0.4 is 15.0 Å². The Morgan fingerprint density at radius 1 is 1.12 bits per heavy atom. The maximum atomic E-state index is 12.3. The van der Waals surface area contributed by atoms with Crippen molar-refractivity contribution >= 4 is 22.8 Å². The maximum Gasteiger partial charge on any atom is 0.261 e. The second-order valence-corrected chi connectivity index (χ2v) is 6.61. The number of ether oxygens (including phenoxy) is 2. The summed E-state index contributed by atoms with van der Waals surface area (Å²) in [4.78, 5) is 23.9. The van der Waals surface area contributed by atoms with Crippen molar-refractivity contribution in [3.63, 3.8) is 0 Å². The molecule has 0 aliphatic heterocycles. The molecule has 0 fully saturated rings. The van der Waals surface area contributed by atoms with Gasteiger partial charge in [0.2, 0.25) is 0 Å². The van der Waals surface area contributed by atoms with Gasteiger partial charge >= 0.3 is 0 Å². The fraction of sp³-hybridized carbons (Fsp3) is 0.278. The molecule has 130 valence electrons. The average molecular weight is 357 g/mol. The van der Waals surface area contributed by atoms with Gasteiger partial charge in [-0.2, -0.15) is 0 Å². The minimum Gasteiger partial charge on any atom is -0.497 e. The number of benzene rings is 1. The SMILES string of the molecule is COc1ccc(OCCSc2nc3nc(C)cc(C)c3c(=O)[nH]2)cc1. The van der Waals surface area contributed by atoms with Gasteiger partial charge in [-0.25, -0.2) is 9.97 Å². The first-order chi connectivity index (χ1) is 12.1. The van der Waals surface area contributed by atoms with E-state index >= 15 is 0 Å². The highest BCUT2D eigenvalue weighted by atomic mass is 32.2. The maximum absolute atomic E-state index is 12.3. The van der Waals surface area contributed by atoms with Crippen molar-refractivity contribution in [3.8, 4) is 11.5 Å². The summed E-state index contributed by atoms with van der Waals surface area (Å²) in [5, 5.41) is 1.10. The predicted octanol–water partition coefficient (Wildman–Crippen LogP) is 3.11. The quantitative estimate of drug-likeness (QED) is 0.415. The van der Waals surface area contributed by atoms with Crippen LogP contribution in [0.2, 0.25) is 0 Å². The van der Waals surface area contributed by atoms with E-state index in [1.807, 2.05) is 44.2 Å². The highest BCUT2D eigenvalue weighted by Gasteiger charge is 2.09. The normalized spacial score (nSPS) is 10.8. The first kappa shape index (κ1) is 17.3. The smallest absolute Gasteiger partial charge is 0.261 e. The Bertz CT molecular complexity index is 939. The number of aromatic nitrogens is 3. The molecule has 0 aliphatic rings. The molecule has 3 aromatic rings. The largest absolute Gasteiger partial charge is 0.497 e. The molecule has 2 heterocycles. The van der Waals surface area contributed by atoms with Gasteiger partial charge in [-0.3, -0.25) is 4.79 Å². The Labute approximate surface area is 149 Å². The van der Waals surface area contributed by atoms with Gasteiger partial charge in [0.05, 0.1) is 19.1 Å². The molecule has 7 heteroatoms. The Balaban J connectivity index is 1.64. The summed E-state index contributed by atoms with van der Waals surface area (Å²) in [5.41, 5.74) is 2.06. The number of hydrogen-bond donors (Lipinski definition) is 1. The third-order valence-corrected chi connectivity index (χ3v) is 4.47. The standard InChI is InChI=1S/C18H19N3O3S/c1-11-10-12(2)19-16-15(11)17(22)21-18(20-16)25-9-8-24-14-6-4-13(23-3)5-7-14/h4-7,10H,8-9H2,1-3H3,(H,19,20,21,22). The lowest BCUT2D eigenvalue weighted by atomic mass is 10.2. The van der Waals surface area contributed by atoms with Crippen molar-refractivity contribution in [2.75, 3.05) is 19.5 Å². The van der Waals surface area contributed by atoms with Gasteiger partial charge in [-0.15, -0.1) is 0 Å². The minimum atomic E-state index is -0.159. The number of aryl methyl sites for hydroxylation is 2. The van der Waals surface area contributed by atoms with E-state index in [1.165, 1.54) is 11.8 Å². The van der Waals surface area contributed by atoms with Crippen LogP contribution >= 0.6 is 11.8 Å². The number of pyridine rings is 1. The summed E-state index contributed by atoms with van der Waals surface area (Å²) in [6.07, 6.45) is 0. The highest BCUT2D eigenvalue weighted by molar-refractivity contribution is 7.99. The van der Waals surface area contributed by atoms with E-state index in [0.29, 0.717) is 28.5 Å². The second kappa shape index (κ2) is 7.57. The first-order valence-electron chi connectivity index (χ1n) is 7.85. The van der Waals surface area contributed by atoms with E-state index in [0.717, 1.165) is 22.8 Å². The second-order valence-electron chi connectivity index (χ2n) is 5.52. The number of H-pyrrole nitrogens is 1. The summed E-state index contributed by atoms with van der Waals surface area (Å²) in [7, 11) is 1.63. The number of fused-ring (bicyclic) bond motifs is 1. The van der Waals surface area contributed by atoms with Crippen LogP contribution in [0.3, 0.4) is 0 Å². The van der Waals surface area contributed by atoms with Crippen LogP contribution in [0, 0.1) is 13.8 Å². The molecule has 0 saturated heterocycles. The molecule has 1 aromatic carbocycles. The third-order valence-electron chi connectivity index (χ3n) is 3.63. The van der Waals surface area contributed by atoms with Gasteiger partial charge in [0, 0.05) is 11.4 Å². The Kier molecular flexibility index (Phi) is 5.23. The summed E-state index contributed by atoms with van der Waals surface area (Å²) in [5.74, 6) is 2.22. The van der Waals surface area contributed by atoms with Gasteiger partial charge in [-0.1, -0.05) is 11.8 Å². The van der Waals surface area contributed by atoms with Gasteiger partial charge < -0.3 is 14.5 Å². The molecular weight excluding hydrogens is 338 g/mol. The molecule has 1 N–H and O–H groups in total. The summed E-state index contributed by atoms with van der Waals surface area (Å²) >= 11 is 1.43. The monoisotopic (exact) mass is 357 g/mol. The van der Waals surface area contributed by atoms with Crippen LogP contribution in [0.15, 0.2) is 40.3 Å². The number of rotatable bonds is 6. The van der Waals surface area contributed by atoms with E-state index < -0.39 is 0 Å². The van der Waals surface area contributed by atoms with Crippen molar-refractivity contribution in [1.29, 1.82) is 0 Å². The van der Waals surface area contributed by atoms with E-state index in [4.69, 9.17) is 9.47 Å². The number of methoxy groups -OCH3 is 1. The number of nitrogens with one attached hydrogen (secondary N) is 1. The van der Waals surface area contributed by atoms with Gasteiger partial charge in [0.25, 0.3) is 5.56 Å². The van der Waals surface area contributed by atoms with Crippen molar-refractivity contribution in [1.82, 2.24) is 15.0 Å². The van der Waals surface area contributed by atoms with Crippen LogP contribution in [-0.4, -0.2) is 34.4 Å². The minimum absolute atomic E-state index is 0.159. The number of thioether (sulfide) groups is 1. The molecule has 3 rings (SSSR count). The molecule has 0 radical (unpaired) electrons. The average Bonchev–Trinajstić information content (AvgIpc) is 2.58. The summed E-state index contributed by atoms with van der Waals surface area (Å²) in [6.45, 7) is 4.29. The molecular formula is C18H19N3O3S. The van der Waals surface area contributed by atoms with E-state index in [-0.39, 0.29) is 5.56 Å². The summed E-state index contributed by atoms with van der Waals surface area (Å²) in [6, 6.07) is 9.29. The Morgan fingerprint density at radius 2 is 1.84 bits per heavy atom. The van der Waals surface area contributed by atoms with E-state index in [9.17, 15) is 4.79 Å². The van der Waals surface area contributed by atoms with Gasteiger partial charge in [-0.05, 0) is 49.7 Å². The molecule has 0 spiro atoms. The molecule has 0 amide bonds. The zero-order valence-corrected chi connectivity index (χ0v) is 15.1. The van der Waals surface area contributed by atoms with Crippen LogP contribution in [0.4, 0.5) is 0 Å². The zero-order valence-electron chi connectivity index (χ0n) is 14.3. The Morgan fingerprint density at radius 3 is 2.56 bits per heavy atom. The fourth-order valence-corrected chi connectivity index (χ4v) is 3.18. The molecule has 0 aliphatic carbocycles. The van der Waals surface area contributed by atoms with Crippen LogP contribution in [0.1, 0.15) is 11.3 Å². The van der Waals surface area contributed by atoms with Gasteiger partial charge in [0.15, 0.2) is 10.8 Å². The Hall–Kier alpha value is -2.54. The van der Waals surface area contributed by atoms with Crippen molar-refractivity contribution in [2.24, 2.45) is 0 Å². The molecule has 2 aromatic heterocycles. The van der Waals surface area contributed by atoms with Crippen molar-refractivity contribution in [3.05, 3.63) is 51.9 Å². The molecule has 0 bridgehead atoms. The molecule has 0 saturated carbocycles. The predicted molar refractivity (Wildman–Crippen MR) is 98.8 cm³/mol. The first-order valence-corrected chi connectivity index (χ1v) is 8.83. The molecule has 0 atom stereocenters. The van der Waals surface area contributed by atoms with Crippen molar-refractivity contribution < 1.29 is 9.47 Å². The lowest BCUT2D eigenvalue weighted by Crippen LogP contribution is -2.12. The van der Waals surface area contributed by atoms with Crippen molar-refractivity contribution in [2.45, 2.75) is 19.0 Å². The number of hydrogen-bond acceptors (Lipinski definition) is 6. The molecule has 6 nitrogen and oxygen atoms in total. The van der Waals surface area contributed by atoms with Crippen LogP contribution in [0.5, 0.6) is 11.5 Å². The van der Waals surface area contributed by atoms with E-state index in [2.05, 4.69) is 15.0 Å². The molecule has 0 unspecified atom stereocenters. The van der Waals surface area contributed by atoms with Crippen LogP contribution in [0.25, 0.3) is 11.0 Å². The third kappa shape index (κ3) is 4.11. The fourth-order valence-electron chi connectivity index (χ4n) is 2.50. The van der Waals surface area contributed by atoms with Gasteiger partial charge in [0.1, 0.15) is 11.5 Å². The number of aromatic amines is 1. The summed E-state index contributed by atoms with van der Waals surface area (Å²) < 4.78 is 10.8. The zero-order chi connectivity index (χ0) is 17.8. The van der Waals surface area contributed by atoms with Crippen LogP contribution in [-0.2, 0) is 0 Å². The highest BCUT2D eigenvalue weighted by Crippen LogP contribution is 2.19. The molecule has 25 heavy (non-hydrogen) atoms. The lowest BCUT2D eigenvalue weighted by molar-refractivity contribution is 0.342. The van der Waals surface area contributed by atoms with E-state index in [1.54, 1.807) is 7.11 Å². The topological polar surface area (TPSA) is 77.1 Å². The number of nitrogens with zero attached hydrogens (tertiary/aromatic N) is 2. The lowest BCUT2D eigenvalue weighted by Gasteiger charge is -2.07.